The second-order valence-corrected chi connectivity index (χ2v) is 12.3. The zero-order valence-corrected chi connectivity index (χ0v) is 20.9. The Labute approximate surface area is 206 Å². The number of carbonyl (C=O) groups is 2. The van der Waals surface area contributed by atoms with Gasteiger partial charge in [-0.2, -0.15) is 0 Å². The van der Waals surface area contributed by atoms with Gasteiger partial charge in [0.15, 0.2) is 6.10 Å². The van der Waals surface area contributed by atoms with Crippen molar-refractivity contribution in [2.24, 2.45) is 17.3 Å². The van der Waals surface area contributed by atoms with Gasteiger partial charge in [0.25, 0.3) is 5.91 Å². The SMILES string of the molecule is COc1cc2c(cc1NC(=O)[C@@H](C)OC(=O)C13C[C@@H]4C[C@H](CC(Br)(C4)C1)C3)oc1ccccc12. The fourth-order valence-corrected chi connectivity index (χ4v) is 8.43. The van der Waals surface area contributed by atoms with Gasteiger partial charge in [-0.05, 0) is 69.4 Å². The Kier molecular flexibility index (Phi) is 5.00. The molecule has 1 aromatic heterocycles. The van der Waals surface area contributed by atoms with Crippen molar-refractivity contribution in [2.45, 2.75) is 55.9 Å². The van der Waals surface area contributed by atoms with Crippen molar-refractivity contribution in [2.75, 3.05) is 12.4 Å². The van der Waals surface area contributed by atoms with Gasteiger partial charge in [-0.1, -0.05) is 34.1 Å². The van der Waals surface area contributed by atoms with E-state index >= 15 is 0 Å². The Balaban J connectivity index is 1.20. The van der Waals surface area contributed by atoms with Crippen molar-refractivity contribution in [3.8, 4) is 5.75 Å². The van der Waals surface area contributed by atoms with E-state index in [2.05, 4.69) is 21.2 Å². The number of para-hydroxylation sites is 1. The maximum atomic E-state index is 13.3. The first-order valence-corrected chi connectivity index (χ1v) is 12.8. The Morgan fingerprint density at radius 3 is 2.53 bits per heavy atom. The van der Waals surface area contributed by atoms with Crippen LogP contribution in [0.15, 0.2) is 40.8 Å². The summed E-state index contributed by atoms with van der Waals surface area (Å²) >= 11 is 3.94. The standard InChI is InChI=1S/C27H28BrNO5/c1-15(33-25(31)26-10-16-7-17(11-26)13-27(28,12-16)14-26)24(30)29-20-9-22-19(8-23(20)32-2)18-5-3-4-6-21(18)34-22/h3-6,8-9,15-17H,7,10-14H2,1-2H3,(H,29,30)/t15-,16+,17+,26?,27?/m1/s1. The van der Waals surface area contributed by atoms with E-state index in [1.165, 1.54) is 6.42 Å². The number of halogens is 1. The molecular weight excluding hydrogens is 498 g/mol. The number of fused-ring (bicyclic) bond motifs is 3. The third kappa shape index (κ3) is 3.51. The largest absolute Gasteiger partial charge is 0.495 e. The van der Waals surface area contributed by atoms with E-state index in [0.717, 1.165) is 48.5 Å². The molecule has 4 aliphatic carbocycles. The average Bonchev–Trinajstić information content (AvgIpc) is 3.14. The number of hydrogen-bond donors (Lipinski definition) is 1. The molecule has 3 aromatic rings. The number of alkyl halides is 1. The first-order valence-electron chi connectivity index (χ1n) is 12.0. The minimum absolute atomic E-state index is 0.0525. The van der Waals surface area contributed by atoms with Crippen LogP contribution in [-0.2, 0) is 14.3 Å². The molecule has 178 valence electrons. The molecule has 4 bridgehead atoms. The van der Waals surface area contributed by atoms with Crippen LogP contribution in [0, 0.1) is 17.3 Å². The third-order valence-electron chi connectivity index (χ3n) is 8.03. The Bertz CT molecular complexity index is 1300. The van der Waals surface area contributed by atoms with Crippen LogP contribution in [0.25, 0.3) is 21.9 Å². The molecular formula is C27H28BrNO5. The number of nitrogens with one attached hydrogen (secondary N) is 1. The second-order valence-electron chi connectivity index (χ2n) is 10.6. The quantitative estimate of drug-likeness (QED) is 0.317. The lowest BCUT2D eigenvalue weighted by Gasteiger charge is -2.58. The highest BCUT2D eigenvalue weighted by molar-refractivity contribution is 9.10. The maximum Gasteiger partial charge on any atom is 0.312 e. The number of methoxy groups -OCH3 is 1. The molecule has 0 saturated heterocycles. The van der Waals surface area contributed by atoms with Crippen LogP contribution in [0.2, 0.25) is 0 Å². The van der Waals surface area contributed by atoms with E-state index in [1.807, 2.05) is 30.3 Å². The number of ether oxygens (including phenoxy) is 2. The highest BCUT2D eigenvalue weighted by Crippen LogP contribution is 2.64. The number of amides is 1. The molecule has 0 unspecified atom stereocenters. The molecule has 4 aliphatic rings. The van der Waals surface area contributed by atoms with E-state index in [4.69, 9.17) is 13.9 Å². The van der Waals surface area contributed by atoms with Crippen LogP contribution < -0.4 is 10.1 Å². The van der Waals surface area contributed by atoms with Gasteiger partial charge >= 0.3 is 5.97 Å². The van der Waals surface area contributed by atoms with E-state index in [0.29, 0.717) is 28.9 Å². The number of benzene rings is 2. The molecule has 7 heteroatoms. The molecule has 1 heterocycles. The zero-order valence-electron chi connectivity index (χ0n) is 19.4. The molecule has 7 rings (SSSR count). The third-order valence-corrected chi connectivity index (χ3v) is 8.96. The highest BCUT2D eigenvalue weighted by atomic mass is 79.9. The van der Waals surface area contributed by atoms with Gasteiger partial charge in [0, 0.05) is 21.2 Å². The molecule has 2 aromatic carbocycles. The molecule has 0 radical (unpaired) electrons. The van der Waals surface area contributed by atoms with Gasteiger partial charge in [0.2, 0.25) is 0 Å². The summed E-state index contributed by atoms with van der Waals surface area (Å²) in [5, 5.41) is 4.77. The van der Waals surface area contributed by atoms with Crippen molar-refractivity contribution in [1.82, 2.24) is 0 Å². The van der Waals surface area contributed by atoms with Crippen LogP contribution in [0.3, 0.4) is 0 Å². The predicted octanol–water partition coefficient (Wildman–Crippen LogP) is 6.20. The normalized spacial score (nSPS) is 30.4. The first kappa shape index (κ1) is 22.0. The number of rotatable bonds is 5. The molecule has 0 aliphatic heterocycles. The molecule has 0 spiro atoms. The summed E-state index contributed by atoms with van der Waals surface area (Å²) in [7, 11) is 1.56. The number of hydrogen-bond acceptors (Lipinski definition) is 5. The predicted molar refractivity (Wildman–Crippen MR) is 133 cm³/mol. The van der Waals surface area contributed by atoms with Crippen LogP contribution in [0.1, 0.15) is 45.4 Å². The lowest BCUT2D eigenvalue weighted by molar-refractivity contribution is -0.175. The summed E-state index contributed by atoms with van der Waals surface area (Å²) in [6.07, 6.45) is 5.13. The summed E-state index contributed by atoms with van der Waals surface area (Å²) in [6, 6.07) is 11.4. The monoisotopic (exact) mass is 525 g/mol. The van der Waals surface area contributed by atoms with Crippen molar-refractivity contribution in [3.63, 3.8) is 0 Å². The van der Waals surface area contributed by atoms with Gasteiger partial charge in [-0.3, -0.25) is 9.59 Å². The summed E-state index contributed by atoms with van der Waals surface area (Å²) in [4.78, 5) is 26.4. The Morgan fingerprint density at radius 2 is 1.82 bits per heavy atom. The Morgan fingerprint density at radius 1 is 1.09 bits per heavy atom. The van der Waals surface area contributed by atoms with Crippen molar-refractivity contribution in [1.29, 1.82) is 0 Å². The smallest absolute Gasteiger partial charge is 0.312 e. The van der Waals surface area contributed by atoms with Gasteiger partial charge in [0.05, 0.1) is 18.2 Å². The number of carbonyl (C=O) groups excluding carboxylic acids is 2. The first-order chi connectivity index (χ1) is 16.3. The van der Waals surface area contributed by atoms with Crippen molar-refractivity contribution < 1.29 is 23.5 Å². The number of esters is 1. The minimum atomic E-state index is -0.914. The lowest BCUT2D eigenvalue weighted by atomic mass is 9.49. The van der Waals surface area contributed by atoms with E-state index in [1.54, 1.807) is 20.1 Å². The second kappa shape index (κ2) is 7.74. The maximum absolute atomic E-state index is 13.3. The van der Waals surface area contributed by atoms with Gasteiger partial charge in [-0.15, -0.1) is 0 Å². The molecule has 1 N–H and O–H groups in total. The summed E-state index contributed by atoms with van der Waals surface area (Å²) in [6.45, 7) is 1.63. The number of furan rings is 1. The molecule has 34 heavy (non-hydrogen) atoms. The van der Waals surface area contributed by atoms with E-state index < -0.39 is 11.5 Å². The summed E-state index contributed by atoms with van der Waals surface area (Å²) in [5.74, 6) is 1.04. The van der Waals surface area contributed by atoms with Gasteiger partial charge in [0.1, 0.15) is 16.9 Å². The lowest BCUT2D eigenvalue weighted by Crippen LogP contribution is -2.56. The van der Waals surface area contributed by atoms with E-state index in [9.17, 15) is 9.59 Å². The minimum Gasteiger partial charge on any atom is -0.495 e. The van der Waals surface area contributed by atoms with Crippen molar-refractivity contribution in [3.05, 3.63) is 36.4 Å². The topological polar surface area (TPSA) is 77.8 Å². The highest BCUT2D eigenvalue weighted by Gasteiger charge is 2.60. The zero-order chi connectivity index (χ0) is 23.7. The molecule has 4 fully saturated rings. The van der Waals surface area contributed by atoms with Crippen LogP contribution in [-0.4, -0.2) is 29.4 Å². The van der Waals surface area contributed by atoms with Crippen molar-refractivity contribution >= 4 is 55.4 Å². The fourth-order valence-electron chi connectivity index (χ4n) is 6.98. The summed E-state index contributed by atoms with van der Waals surface area (Å²) < 4.78 is 17.3. The van der Waals surface area contributed by atoms with Gasteiger partial charge < -0.3 is 19.2 Å². The fraction of sp³-hybridized carbons (Fsp3) is 0.481. The summed E-state index contributed by atoms with van der Waals surface area (Å²) in [5.41, 5.74) is 1.44. The van der Waals surface area contributed by atoms with E-state index in [-0.39, 0.29) is 16.2 Å². The molecule has 4 saturated carbocycles. The van der Waals surface area contributed by atoms with Gasteiger partial charge in [-0.25, -0.2) is 0 Å². The van der Waals surface area contributed by atoms with Crippen LogP contribution in [0.4, 0.5) is 5.69 Å². The number of anilines is 1. The molecule has 6 nitrogen and oxygen atoms in total. The Hall–Kier alpha value is -2.54. The average molecular weight is 526 g/mol. The van der Waals surface area contributed by atoms with Crippen LogP contribution >= 0.6 is 15.9 Å². The molecule has 1 amide bonds. The molecule has 3 atom stereocenters. The van der Waals surface area contributed by atoms with Crippen LogP contribution in [0.5, 0.6) is 5.75 Å².